The number of hydrogen-bond acceptors (Lipinski definition) is 4. The Morgan fingerprint density at radius 1 is 1.00 bits per heavy atom. The summed E-state index contributed by atoms with van der Waals surface area (Å²) in [6, 6.07) is 7.52. The highest BCUT2D eigenvalue weighted by atomic mass is 19.3. The maximum Gasteiger partial charge on any atom is 0.319 e. The zero-order valence-corrected chi connectivity index (χ0v) is 21.6. The molecule has 36 heavy (non-hydrogen) atoms. The molecule has 198 valence electrons. The fourth-order valence-electron chi connectivity index (χ4n) is 5.08. The van der Waals surface area contributed by atoms with Crippen molar-refractivity contribution >= 4 is 22.8 Å². The highest BCUT2D eigenvalue weighted by molar-refractivity contribution is 5.99. The molecule has 4 rings (SSSR count). The van der Waals surface area contributed by atoms with E-state index in [0.29, 0.717) is 48.9 Å². The Bertz CT molecular complexity index is 1070. The van der Waals surface area contributed by atoms with Gasteiger partial charge in [0.25, 0.3) is 12.3 Å². The largest absolute Gasteiger partial charge is 0.490 e. The van der Waals surface area contributed by atoms with E-state index in [4.69, 9.17) is 4.74 Å². The van der Waals surface area contributed by atoms with Gasteiger partial charge in [0.15, 0.2) is 0 Å². The van der Waals surface area contributed by atoms with Crippen molar-refractivity contribution in [1.82, 2.24) is 24.2 Å². The molecule has 8 nitrogen and oxygen atoms in total. The summed E-state index contributed by atoms with van der Waals surface area (Å²) in [6.45, 7) is 7.34. The van der Waals surface area contributed by atoms with Crippen LogP contribution >= 0.6 is 0 Å². The van der Waals surface area contributed by atoms with Gasteiger partial charge in [-0.25, -0.2) is 13.6 Å². The molecular formula is C26H37F2N5O3. The Kier molecular flexibility index (Phi) is 8.02. The van der Waals surface area contributed by atoms with E-state index in [-0.39, 0.29) is 23.7 Å². The molecule has 2 aromatic rings. The first-order valence-electron chi connectivity index (χ1n) is 12.7. The first-order chi connectivity index (χ1) is 17.1. The van der Waals surface area contributed by atoms with Gasteiger partial charge < -0.3 is 28.9 Å². The van der Waals surface area contributed by atoms with Crippen LogP contribution in [0, 0.1) is 0 Å². The monoisotopic (exact) mass is 505 g/mol. The van der Waals surface area contributed by atoms with Crippen molar-refractivity contribution in [3.8, 4) is 5.75 Å². The van der Waals surface area contributed by atoms with E-state index in [9.17, 15) is 18.4 Å². The molecule has 0 atom stereocenters. The lowest BCUT2D eigenvalue weighted by atomic mass is 10.1. The van der Waals surface area contributed by atoms with Crippen LogP contribution in [0.5, 0.6) is 5.75 Å². The van der Waals surface area contributed by atoms with Crippen LogP contribution in [-0.2, 0) is 6.54 Å². The predicted molar refractivity (Wildman–Crippen MR) is 135 cm³/mol. The van der Waals surface area contributed by atoms with Gasteiger partial charge in [0.2, 0.25) is 0 Å². The van der Waals surface area contributed by atoms with Crippen LogP contribution in [0.2, 0.25) is 0 Å². The molecule has 0 spiro atoms. The third-order valence-corrected chi connectivity index (χ3v) is 7.14. The topological polar surface area (TPSA) is 61.3 Å². The van der Waals surface area contributed by atoms with Gasteiger partial charge in [-0.1, -0.05) is 0 Å². The number of aromatic nitrogens is 1. The van der Waals surface area contributed by atoms with Crippen molar-refractivity contribution < 1.29 is 23.1 Å². The molecule has 0 unspecified atom stereocenters. The number of rotatable bonds is 6. The van der Waals surface area contributed by atoms with E-state index in [1.165, 1.54) is 9.47 Å². The highest BCUT2D eigenvalue weighted by Crippen LogP contribution is 2.28. The molecule has 0 bridgehead atoms. The van der Waals surface area contributed by atoms with Crippen molar-refractivity contribution in [2.45, 2.75) is 51.8 Å². The Balaban J connectivity index is 1.50. The van der Waals surface area contributed by atoms with Crippen molar-refractivity contribution in [1.29, 1.82) is 0 Å². The molecule has 0 aliphatic carbocycles. The first-order valence-corrected chi connectivity index (χ1v) is 12.7. The van der Waals surface area contributed by atoms with Crippen LogP contribution in [0.4, 0.5) is 13.6 Å². The number of fused-ring (bicyclic) bond motifs is 1. The normalized spacial score (nSPS) is 17.9. The molecule has 10 heteroatoms. The molecule has 0 radical (unpaired) electrons. The number of nitrogens with zero attached hydrogens (tertiary/aromatic N) is 5. The molecule has 1 aromatic heterocycles. The van der Waals surface area contributed by atoms with Crippen molar-refractivity contribution in [2.75, 3.05) is 53.4 Å². The number of carbonyl (C=O) groups excluding carboxylic acids is 2. The zero-order valence-electron chi connectivity index (χ0n) is 21.6. The van der Waals surface area contributed by atoms with Crippen LogP contribution in [0.3, 0.4) is 0 Å². The smallest absolute Gasteiger partial charge is 0.319 e. The molecule has 2 aliphatic heterocycles. The fraction of sp³-hybridized carbons (Fsp3) is 0.615. The lowest BCUT2D eigenvalue weighted by molar-refractivity contribution is 0.0633. The minimum absolute atomic E-state index is 0.101. The second-order valence-corrected chi connectivity index (χ2v) is 10.2. The average molecular weight is 506 g/mol. The predicted octanol–water partition coefficient (Wildman–Crippen LogP) is 3.60. The summed E-state index contributed by atoms with van der Waals surface area (Å²) in [5.74, 6) is 0.391. The summed E-state index contributed by atoms with van der Waals surface area (Å²) in [5.41, 5.74) is 0.821. The van der Waals surface area contributed by atoms with Crippen LogP contribution in [-0.4, -0.2) is 108 Å². The Labute approximate surface area is 211 Å². The molecule has 3 heterocycles. The van der Waals surface area contributed by atoms with Crippen molar-refractivity contribution in [3.63, 3.8) is 0 Å². The average Bonchev–Trinajstić information content (AvgIpc) is 3.20. The van der Waals surface area contributed by atoms with Gasteiger partial charge in [0.05, 0.1) is 6.54 Å². The van der Waals surface area contributed by atoms with Crippen molar-refractivity contribution in [3.05, 3.63) is 30.0 Å². The zero-order chi connectivity index (χ0) is 26.0. The molecule has 1 aromatic carbocycles. The number of ether oxygens (including phenoxy) is 1. The number of carbonyl (C=O) groups is 2. The third-order valence-electron chi connectivity index (χ3n) is 7.14. The van der Waals surface area contributed by atoms with Crippen LogP contribution in [0.25, 0.3) is 10.9 Å². The lowest BCUT2D eigenvalue weighted by Crippen LogP contribution is -2.53. The second-order valence-electron chi connectivity index (χ2n) is 10.2. The number of urea groups is 1. The van der Waals surface area contributed by atoms with Gasteiger partial charge >= 0.3 is 6.03 Å². The minimum atomic E-state index is -2.59. The summed E-state index contributed by atoms with van der Waals surface area (Å²) < 4.78 is 34.6. The molecule has 0 N–H and O–H groups in total. The molecule has 3 amide bonds. The fourth-order valence-corrected chi connectivity index (χ4v) is 5.08. The van der Waals surface area contributed by atoms with Gasteiger partial charge in [0, 0.05) is 70.3 Å². The van der Waals surface area contributed by atoms with E-state index in [0.717, 1.165) is 25.9 Å². The molecular weight excluding hydrogens is 468 g/mol. The number of likely N-dealkylation sites (tertiary alicyclic amines) is 1. The number of piperidine rings is 1. The minimum Gasteiger partial charge on any atom is -0.490 e. The molecule has 2 fully saturated rings. The van der Waals surface area contributed by atoms with Crippen LogP contribution < -0.4 is 4.74 Å². The number of halogens is 2. The van der Waals surface area contributed by atoms with Crippen LogP contribution in [0.1, 0.15) is 37.2 Å². The van der Waals surface area contributed by atoms with Gasteiger partial charge in [-0.15, -0.1) is 0 Å². The van der Waals surface area contributed by atoms with E-state index >= 15 is 0 Å². The number of alkyl halides is 2. The summed E-state index contributed by atoms with van der Waals surface area (Å²) in [5, 5.41) is 0.706. The molecule has 0 saturated carbocycles. The van der Waals surface area contributed by atoms with Gasteiger partial charge in [-0.3, -0.25) is 4.79 Å². The second kappa shape index (κ2) is 11.0. The van der Waals surface area contributed by atoms with Crippen LogP contribution in [0.15, 0.2) is 24.3 Å². The number of piperazine rings is 1. The lowest BCUT2D eigenvalue weighted by Gasteiger charge is -2.36. The Morgan fingerprint density at radius 3 is 2.22 bits per heavy atom. The van der Waals surface area contributed by atoms with Crippen molar-refractivity contribution in [2.24, 2.45) is 0 Å². The maximum absolute atomic E-state index is 13.5. The summed E-state index contributed by atoms with van der Waals surface area (Å²) in [6.07, 6.45) is -0.602. The quantitative estimate of drug-likeness (QED) is 0.602. The summed E-state index contributed by atoms with van der Waals surface area (Å²) in [7, 11) is 3.38. The summed E-state index contributed by atoms with van der Waals surface area (Å²) >= 11 is 0. The van der Waals surface area contributed by atoms with Gasteiger partial charge in [-0.2, -0.15) is 0 Å². The SMILES string of the molecule is CC(C)N1CCC(Oc2ccc3c(c2)cc(C(=O)N2CCN(C(=O)N(C)C)CC2)n3CC(F)F)CC1. The van der Waals surface area contributed by atoms with Gasteiger partial charge in [-0.05, 0) is 51.0 Å². The van der Waals surface area contributed by atoms with E-state index < -0.39 is 13.0 Å². The highest BCUT2D eigenvalue weighted by Gasteiger charge is 2.29. The number of hydrogen-bond donors (Lipinski definition) is 0. The molecule has 2 aliphatic rings. The van der Waals surface area contributed by atoms with Gasteiger partial charge in [0.1, 0.15) is 17.5 Å². The molecule has 2 saturated heterocycles. The van der Waals surface area contributed by atoms with E-state index in [2.05, 4.69) is 18.7 Å². The number of amides is 3. The summed E-state index contributed by atoms with van der Waals surface area (Å²) in [4.78, 5) is 32.8. The maximum atomic E-state index is 13.5. The Morgan fingerprint density at radius 2 is 1.64 bits per heavy atom. The van der Waals surface area contributed by atoms with E-state index in [1.54, 1.807) is 42.1 Å². The standard InChI is InChI=1S/C26H37F2N5O3/c1-18(2)30-9-7-20(8-10-30)36-21-5-6-22-19(15-21)16-23(33(22)17-24(27)28)25(34)31-11-13-32(14-12-31)26(35)29(3)4/h5-6,15-16,18,20,24H,7-14,17H2,1-4H3. The first kappa shape index (κ1) is 26.2. The Hall–Kier alpha value is -2.88. The van der Waals surface area contributed by atoms with E-state index in [1.807, 2.05) is 6.07 Å². The third kappa shape index (κ3) is 5.74. The number of benzene rings is 1.